The molecule has 300 valence electrons. The molecule has 0 saturated carbocycles. The van der Waals surface area contributed by atoms with Gasteiger partial charge in [0.2, 0.25) is 0 Å². The van der Waals surface area contributed by atoms with E-state index in [0.29, 0.717) is 35.8 Å². The minimum Gasteiger partial charge on any atom is -0.505 e. The highest BCUT2D eigenvalue weighted by molar-refractivity contribution is 6.10. The van der Waals surface area contributed by atoms with Gasteiger partial charge in [0.1, 0.15) is 23.0 Å². The van der Waals surface area contributed by atoms with Crippen LogP contribution in [0.15, 0.2) is 170 Å². The summed E-state index contributed by atoms with van der Waals surface area (Å²) in [5.41, 5.74) is 10.2. The molecule has 0 spiro atoms. The van der Waals surface area contributed by atoms with Crippen molar-refractivity contribution in [1.29, 1.82) is 0 Å². The predicted octanol–water partition coefficient (Wildman–Crippen LogP) is 13.7. The largest absolute Gasteiger partial charge is 0.505 e. The molecule has 0 aliphatic rings. The number of hydrogen-bond acceptors (Lipinski definition) is 4. The Labute approximate surface area is 355 Å². The molecule has 2 heterocycles. The third kappa shape index (κ3) is 6.61. The van der Waals surface area contributed by atoms with Gasteiger partial charge in [-0.2, -0.15) is 0 Å². The number of para-hydroxylation sites is 6. The van der Waals surface area contributed by atoms with Gasteiger partial charge in [-0.15, -0.1) is 0 Å². The number of phenols is 2. The Bertz CT molecular complexity index is 2970. The lowest BCUT2D eigenvalue weighted by Crippen LogP contribution is -2.29. The van der Waals surface area contributed by atoms with Crippen molar-refractivity contribution >= 4 is 43.6 Å². The highest BCUT2D eigenvalue weighted by atomic mass is 16.5. The highest BCUT2D eigenvalue weighted by Gasteiger charge is 2.25. The maximum atomic E-state index is 12.1. The number of ether oxygens (including phenoxy) is 2. The molecule has 10 rings (SSSR count). The molecule has 2 aromatic heterocycles. The first-order valence-corrected chi connectivity index (χ1v) is 20.8. The fourth-order valence-corrected chi connectivity index (χ4v) is 8.85. The van der Waals surface area contributed by atoms with E-state index in [4.69, 9.17) is 9.47 Å². The Balaban J connectivity index is 0.936. The van der Waals surface area contributed by atoms with Gasteiger partial charge in [0.05, 0.1) is 46.7 Å². The third-order valence-electron chi connectivity index (χ3n) is 11.7. The summed E-state index contributed by atoms with van der Waals surface area (Å²) in [6, 6.07) is 57.2. The minimum atomic E-state index is -0.425. The zero-order valence-electron chi connectivity index (χ0n) is 34.7. The fraction of sp³-hybridized carbons (Fsp3) is 0.127. The molecule has 0 amide bonds. The first-order chi connectivity index (χ1) is 29.7. The number of phenolic OH excluding ortho intramolecular Hbond substituents is 2. The van der Waals surface area contributed by atoms with E-state index < -0.39 is 5.41 Å². The molecule has 0 radical (unpaired) electrons. The van der Waals surface area contributed by atoms with Crippen LogP contribution in [0.4, 0.5) is 0 Å². The molecule has 61 heavy (non-hydrogen) atoms. The number of aromatic nitrogens is 2. The Morgan fingerprint density at radius 3 is 1.08 bits per heavy atom. The molecular formula is C55H46N2O4. The number of rotatable bonds is 10. The van der Waals surface area contributed by atoms with Crippen LogP contribution in [-0.4, -0.2) is 32.6 Å². The highest BCUT2D eigenvalue weighted by Crippen LogP contribution is 2.45. The zero-order chi connectivity index (χ0) is 41.8. The Hall–Kier alpha value is -7.44. The van der Waals surface area contributed by atoms with Crippen LogP contribution in [0.3, 0.4) is 0 Å². The molecule has 2 N–H and O–H groups in total. The van der Waals surface area contributed by atoms with Gasteiger partial charge in [-0.25, -0.2) is 0 Å². The third-order valence-corrected chi connectivity index (χ3v) is 11.7. The Morgan fingerprint density at radius 1 is 0.410 bits per heavy atom. The van der Waals surface area contributed by atoms with Crippen LogP contribution < -0.4 is 9.47 Å². The smallest absolute Gasteiger partial charge is 0.147 e. The average molecular weight is 799 g/mol. The van der Waals surface area contributed by atoms with E-state index in [-0.39, 0.29) is 11.5 Å². The normalized spacial score (nSPS) is 11.9. The molecular weight excluding hydrogens is 753 g/mol. The summed E-state index contributed by atoms with van der Waals surface area (Å²) in [4.78, 5) is 0. The summed E-state index contributed by atoms with van der Waals surface area (Å²) in [5.74, 6) is 1.72. The minimum absolute atomic E-state index is 0.188. The van der Waals surface area contributed by atoms with Crippen LogP contribution in [0, 0.1) is 19.3 Å². The first-order valence-electron chi connectivity index (χ1n) is 20.8. The summed E-state index contributed by atoms with van der Waals surface area (Å²) in [6.45, 7) is 9.06. The molecule has 10 aromatic rings. The molecule has 0 unspecified atom stereocenters. The van der Waals surface area contributed by atoms with Crippen molar-refractivity contribution in [3.8, 4) is 56.6 Å². The van der Waals surface area contributed by atoms with Crippen LogP contribution in [0.5, 0.6) is 23.0 Å². The SMILES string of the molecule is Cc1cc(-c2ccccc2OCC(C)(C)COc2ccccc2-c2cc(C)cc(-n3c4ccccc4c4ccccc43)c2O)c(O)c(-n2c3ccccc3c3ccccc32)c1. The van der Waals surface area contributed by atoms with Gasteiger partial charge in [0.25, 0.3) is 0 Å². The Kier molecular flexibility index (Phi) is 9.29. The van der Waals surface area contributed by atoms with Crippen molar-refractivity contribution in [2.24, 2.45) is 5.41 Å². The van der Waals surface area contributed by atoms with Gasteiger partial charge in [-0.1, -0.05) is 123 Å². The van der Waals surface area contributed by atoms with Crippen molar-refractivity contribution in [2.45, 2.75) is 27.7 Å². The zero-order valence-corrected chi connectivity index (χ0v) is 34.7. The van der Waals surface area contributed by atoms with Crippen LogP contribution in [0.1, 0.15) is 25.0 Å². The van der Waals surface area contributed by atoms with E-state index in [0.717, 1.165) is 77.2 Å². The van der Waals surface area contributed by atoms with Crippen LogP contribution >= 0.6 is 0 Å². The van der Waals surface area contributed by atoms with Gasteiger partial charge in [-0.05, 0) is 85.6 Å². The van der Waals surface area contributed by atoms with Crippen molar-refractivity contribution in [3.63, 3.8) is 0 Å². The summed E-state index contributed by atoms with van der Waals surface area (Å²) >= 11 is 0. The number of nitrogens with zero attached hydrogens (tertiary/aromatic N) is 2. The van der Waals surface area contributed by atoms with E-state index in [1.165, 1.54) is 0 Å². The van der Waals surface area contributed by atoms with Crippen molar-refractivity contribution in [2.75, 3.05) is 13.2 Å². The van der Waals surface area contributed by atoms with Crippen LogP contribution in [0.25, 0.3) is 77.2 Å². The average Bonchev–Trinajstić information content (AvgIpc) is 3.80. The van der Waals surface area contributed by atoms with Crippen molar-refractivity contribution in [3.05, 3.63) is 181 Å². The topological polar surface area (TPSA) is 68.8 Å². The van der Waals surface area contributed by atoms with Gasteiger partial charge >= 0.3 is 0 Å². The molecule has 0 bridgehead atoms. The first kappa shape index (κ1) is 37.8. The number of hydrogen-bond donors (Lipinski definition) is 2. The van der Waals surface area contributed by atoms with E-state index >= 15 is 0 Å². The quantitative estimate of drug-likeness (QED) is 0.145. The lowest BCUT2D eigenvalue weighted by molar-refractivity contribution is 0.111. The predicted molar refractivity (Wildman–Crippen MR) is 250 cm³/mol. The van der Waals surface area contributed by atoms with Gasteiger partial charge < -0.3 is 28.8 Å². The van der Waals surface area contributed by atoms with Gasteiger partial charge in [-0.3, -0.25) is 0 Å². The lowest BCUT2D eigenvalue weighted by atomic mass is 9.95. The van der Waals surface area contributed by atoms with Gasteiger partial charge in [0, 0.05) is 49.2 Å². The molecule has 6 nitrogen and oxygen atoms in total. The Morgan fingerprint density at radius 2 is 0.721 bits per heavy atom. The summed E-state index contributed by atoms with van der Waals surface area (Å²) in [7, 11) is 0. The lowest BCUT2D eigenvalue weighted by Gasteiger charge is -2.26. The van der Waals surface area contributed by atoms with Crippen LogP contribution in [0.2, 0.25) is 0 Å². The number of benzene rings is 8. The fourth-order valence-electron chi connectivity index (χ4n) is 8.85. The molecule has 0 fully saturated rings. The second-order valence-corrected chi connectivity index (χ2v) is 16.8. The van der Waals surface area contributed by atoms with E-state index in [1.807, 2.05) is 97.1 Å². The molecule has 0 saturated heterocycles. The maximum absolute atomic E-state index is 12.1. The summed E-state index contributed by atoms with van der Waals surface area (Å²) in [5, 5.41) is 28.8. The molecule has 0 atom stereocenters. The molecule has 8 aromatic carbocycles. The summed E-state index contributed by atoms with van der Waals surface area (Å²) in [6.07, 6.45) is 0. The standard InChI is InChI=1S/C55H46N2O4/c1-35-29-43(53(58)49(31-35)56-45-23-11-5-17-37(45)38-18-6-12-24-46(38)56)41-21-9-15-27-51(41)60-33-55(3,4)34-61-52-28-16-10-22-42(52)44-30-36(2)32-50(54(44)59)57-47-25-13-7-19-39(47)40-20-8-14-26-48(40)57/h5-32,58-59H,33-34H2,1-4H3. The monoisotopic (exact) mass is 798 g/mol. The van der Waals surface area contributed by atoms with E-state index in [9.17, 15) is 10.2 Å². The van der Waals surface area contributed by atoms with Gasteiger partial charge in [0.15, 0.2) is 0 Å². The molecule has 0 aliphatic heterocycles. The van der Waals surface area contributed by atoms with E-state index in [2.05, 4.69) is 110 Å². The van der Waals surface area contributed by atoms with E-state index in [1.54, 1.807) is 0 Å². The number of fused-ring (bicyclic) bond motifs is 6. The molecule has 6 heteroatoms. The van der Waals surface area contributed by atoms with Crippen LogP contribution in [-0.2, 0) is 0 Å². The van der Waals surface area contributed by atoms with Crippen molar-refractivity contribution in [1.82, 2.24) is 9.13 Å². The molecule has 0 aliphatic carbocycles. The van der Waals surface area contributed by atoms with Crippen molar-refractivity contribution < 1.29 is 19.7 Å². The number of aryl methyl sites for hydroxylation is 2. The number of aromatic hydroxyl groups is 2. The second kappa shape index (κ2) is 15.0. The second-order valence-electron chi connectivity index (χ2n) is 16.8. The summed E-state index contributed by atoms with van der Waals surface area (Å²) < 4.78 is 17.6. The maximum Gasteiger partial charge on any atom is 0.147 e.